The average Bonchev–Trinajstić information content (AvgIpc) is 2.54. The fraction of sp³-hybridized carbons (Fsp3) is 0.0588. The molecule has 0 radical (unpaired) electrons. The zero-order chi connectivity index (χ0) is 17.7. The van der Waals surface area contributed by atoms with Crippen LogP contribution in [-0.4, -0.2) is 13.0 Å². The van der Waals surface area contributed by atoms with Crippen molar-refractivity contribution < 1.29 is 13.9 Å². The lowest BCUT2D eigenvalue weighted by atomic mass is 10.1. The Labute approximate surface area is 160 Å². The number of benzene rings is 2. The number of carbonyl (C=O) groups excluding carboxylic acids is 1. The molecule has 24 heavy (non-hydrogen) atoms. The highest BCUT2D eigenvalue weighted by Crippen LogP contribution is 2.32. The molecular formula is C17H11BrFIN2O2. The Morgan fingerprint density at radius 3 is 2.71 bits per heavy atom. The number of amides is 1. The number of ether oxygens (including phenoxy) is 1. The number of para-hydroxylation sites is 1. The maximum atomic E-state index is 13.6. The number of anilines is 1. The van der Waals surface area contributed by atoms with E-state index in [9.17, 15) is 14.4 Å². The SMILES string of the molecule is COc1c(Br)cc(/C=C(/C#N)C(=O)Nc2ccccc2F)cc1I. The van der Waals surface area contributed by atoms with Gasteiger partial charge in [-0.25, -0.2) is 4.39 Å². The quantitative estimate of drug-likeness (QED) is 0.374. The number of hydrogen-bond acceptors (Lipinski definition) is 3. The second kappa shape index (κ2) is 8.26. The van der Waals surface area contributed by atoms with Crippen molar-refractivity contribution >= 4 is 56.2 Å². The lowest BCUT2D eigenvalue weighted by Crippen LogP contribution is -2.14. The molecule has 0 heterocycles. The zero-order valence-corrected chi connectivity index (χ0v) is 16.2. The van der Waals surface area contributed by atoms with Crippen molar-refractivity contribution in [1.82, 2.24) is 0 Å². The Balaban J connectivity index is 2.31. The second-order valence-corrected chi connectivity index (χ2v) is 6.64. The molecule has 122 valence electrons. The van der Waals surface area contributed by atoms with Crippen molar-refractivity contribution in [2.75, 3.05) is 12.4 Å². The molecule has 2 aromatic rings. The number of rotatable bonds is 4. The summed E-state index contributed by atoms with van der Waals surface area (Å²) in [6, 6.07) is 11.1. The third-order valence-corrected chi connectivity index (χ3v) is 4.41. The molecule has 0 aliphatic carbocycles. The molecule has 1 amide bonds. The molecule has 0 fully saturated rings. The van der Waals surface area contributed by atoms with E-state index in [1.54, 1.807) is 25.3 Å². The van der Waals surface area contributed by atoms with Gasteiger partial charge in [0.15, 0.2) is 0 Å². The predicted octanol–water partition coefficient (Wildman–Crippen LogP) is 4.75. The van der Waals surface area contributed by atoms with Gasteiger partial charge in [0.05, 0.1) is 20.8 Å². The van der Waals surface area contributed by atoms with Crippen LogP contribution in [0.4, 0.5) is 10.1 Å². The molecule has 0 aromatic heterocycles. The third kappa shape index (κ3) is 4.33. The minimum absolute atomic E-state index is 0.0224. The number of nitrogens with one attached hydrogen (secondary N) is 1. The molecule has 1 N–H and O–H groups in total. The first-order valence-electron chi connectivity index (χ1n) is 6.67. The van der Waals surface area contributed by atoms with Crippen molar-refractivity contribution in [3.05, 3.63) is 61.4 Å². The molecule has 0 saturated carbocycles. The Morgan fingerprint density at radius 2 is 2.12 bits per heavy atom. The molecule has 4 nitrogen and oxygen atoms in total. The van der Waals surface area contributed by atoms with Crippen LogP contribution in [-0.2, 0) is 4.79 Å². The van der Waals surface area contributed by atoms with Crippen molar-refractivity contribution in [2.24, 2.45) is 0 Å². The molecule has 7 heteroatoms. The lowest BCUT2D eigenvalue weighted by Gasteiger charge is -2.08. The van der Waals surface area contributed by atoms with E-state index < -0.39 is 11.7 Å². The van der Waals surface area contributed by atoms with Crippen LogP contribution in [0.5, 0.6) is 5.75 Å². The van der Waals surface area contributed by atoms with Gasteiger partial charge in [-0.15, -0.1) is 0 Å². The molecule has 0 aliphatic heterocycles. The van der Waals surface area contributed by atoms with Crippen LogP contribution in [0.2, 0.25) is 0 Å². The van der Waals surface area contributed by atoms with Gasteiger partial charge in [-0.05, 0) is 74.4 Å². The van der Waals surface area contributed by atoms with Gasteiger partial charge in [-0.3, -0.25) is 4.79 Å². The first-order chi connectivity index (χ1) is 11.5. The van der Waals surface area contributed by atoms with Crippen molar-refractivity contribution in [3.63, 3.8) is 0 Å². The second-order valence-electron chi connectivity index (χ2n) is 4.62. The Bertz CT molecular complexity index is 839. The van der Waals surface area contributed by atoms with Crippen molar-refractivity contribution in [2.45, 2.75) is 0 Å². The van der Waals surface area contributed by atoms with Crippen LogP contribution in [0.25, 0.3) is 6.08 Å². The summed E-state index contributed by atoms with van der Waals surface area (Å²) < 4.78 is 20.4. The maximum absolute atomic E-state index is 13.6. The summed E-state index contributed by atoms with van der Waals surface area (Å²) in [4.78, 5) is 12.2. The van der Waals surface area contributed by atoms with Crippen LogP contribution in [0.3, 0.4) is 0 Å². The minimum atomic E-state index is -0.676. The fourth-order valence-corrected chi connectivity index (χ4v) is 3.81. The van der Waals surface area contributed by atoms with Gasteiger partial charge >= 0.3 is 0 Å². The van der Waals surface area contributed by atoms with Gasteiger partial charge in [0.25, 0.3) is 5.91 Å². The van der Waals surface area contributed by atoms with Crippen LogP contribution in [0.1, 0.15) is 5.56 Å². The van der Waals surface area contributed by atoms with Gasteiger partial charge in [-0.1, -0.05) is 12.1 Å². The number of nitrogens with zero attached hydrogens (tertiary/aromatic N) is 1. The van der Waals surface area contributed by atoms with Gasteiger partial charge in [0.2, 0.25) is 0 Å². The first kappa shape index (κ1) is 18.4. The van der Waals surface area contributed by atoms with E-state index in [1.165, 1.54) is 24.3 Å². The molecule has 0 bridgehead atoms. The molecule has 0 unspecified atom stereocenters. The highest BCUT2D eigenvalue weighted by atomic mass is 127. The summed E-state index contributed by atoms with van der Waals surface area (Å²) >= 11 is 5.47. The van der Waals surface area contributed by atoms with E-state index >= 15 is 0 Å². The summed E-state index contributed by atoms with van der Waals surface area (Å²) in [6.45, 7) is 0. The number of hydrogen-bond donors (Lipinski definition) is 1. The number of methoxy groups -OCH3 is 1. The highest BCUT2D eigenvalue weighted by molar-refractivity contribution is 14.1. The molecule has 0 spiro atoms. The van der Waals surface area contributed by atoms with Crippen molar-refractivity contribution in [1.29, 1.82) is 5.26 Å². The van der Waals surface area contributed by atoms with Gasteiger partial charge < -0.3 is 10.1 Å². The monoisotopic (exact) mass is 500 g/mol. The Morgan fingerprint density at radius 1 is 1.42 bits per heavy atom. The fourth-order valence-electron chi connectivity index (χ4n) is 1.93. The largest absolute Gasteiger partial charge is 0.494 e. The molecule has 2 aromatic carbocycles. The van der Waals surface area contributed by atoms with Gasteiger partial charge in [-0.2, -0.15) is 5.26 Å². The minimum Gasteiger partial charge on any atom is -0.494 e. The molecule has 0 aliphatic rings. The summed E-state index contributed by atoms with van der Waals surface area (Å²) in [5, 5.41) is 11.6. The predicted molar refractivity (Wildman–Crippen MR) is 102 cm³/mol. The number of halogens is 3. The third-order valence-electron chi connectivity index (χ3n) is 3.02. The number of nitriles is 1. The van der Waals surface area contributed by atoms with Crippen molar-refractivity contribution in [3.8, 4) is 11.8 Å². The van der Waals surface area contributed by atoms with E-state index in [-0.39, 0.29) is 11.3 Å². The Kier molecular flexibility index (Phi) is 6.34. The molecule has 2 rings (SSSR count). The van der Waals surface area contributed by atoms with Crippen LogP contribution in [0, 0.1) is 20.7 Å². The molecular weight excluding hydrogens is 490 g/mol. The van der Waals surface area contributed by atoms with Crippen LogP contribution in [0.15, 0.2) is 46.4 Å². The summed E-state index contributed by atoms with van der Waals surface area (Å²) in [7, 11) is 1.56. The smallest absolute Gasteiger partial charge is 0.266 e. The van der Waals surface area contributed by atoms with Crippen LogP contribution >= 0.6 is 38.5 Å². The summed E-state index contributed by atoms with van der Waals surface area (Å²) in [5.74, 6) is -0.573. The van der Waals surface area contributed by atoms with Crippen LogP contribution < -0.4 is 10.1 Å². The standard InChI is InChI=1S/C17H11BrFIN2O2/c1-24-16-12(18)7-10(8-14(16)20)6-11(9-21)17(23)22-15-5-3-2-4-13(15)19/h2-8H,1H3,(H,22,23)/b11-6-. The topological polar surface area (TPSA) is 62.1 Å². The van der Waals surface area contributed by atoms with Gasteiger partial charge in [0.1, 0.15) is 23.2 Å². The maximum Gasteiger partial charge on any atom is 0.266 e. The lowest BCUT2D eigenvalue weighted by molar-refractivity contribution is -0.112. The van der Waals surface area contributed by atoms with E-state index in [0.29, 0.717) is 15.8 Å². The normalized spacial score (nSPS) is 10.9. The molecule has 0 atom stereocenters. The van der Waals surface area contributed by atoms with E-state index in [0.717, 1.165) is 3.57 Å². The molecule has 0 saturated heterocycles. The zero-order valence-electron chi connectivity index (χ0n) is 12.4. The average molecular weight is 501 g/mol. The number of carbonyl (C=O) groups is 1. The first-order valence-corrected chi connectivity index (χ1v) is 8.54. The van der Waals surface area contributed by atoms with Gasteiger partial charge in [0, 0.05) is 0 Å². The summed E-state index contributed by atoms with van der Waals surface area (Å²) in [5.41, 5.74) is 0.535. The van der Waals surface area contributed by atoms with E-state index in [2.05, 4.69) is 43.8 Å². The highest BCUT2D eigenvalue weighted by Gasteiger charge is 2.13. The Hall–Kier alpha value is -1.92. The summed E-state index contributed by atoms with van der Waals surface area (Å²) in [6.07, 6.45) is 1.43. The van der Waals surface area contributed by atoms with E-state index in [4.69, 9.17) is 4.74 Å². The van der Waals surface area contributed by atoms with E-state index in [1.807, 2.05) is 6.07 Å².